The van der Waals surface area contributed by atoms with Crippen LogP contribution < -0.4 is 0 Å². The van der Waals surface area contributed by atoms with Gasteiger partial charge in [0.2, 0.25) is 5.91 Å². The monoisotopic (exact) mass is 156 g/mol. The van der Waals surface area contributed by atoms with Crippen LogP contribution in [-0.4, -0.2) is 48.9 Å². The molecule has 3 heteroatoms. The van der Waals surface area contributed by atoms with Crippen molar-refractivity contribution in [3.63, 3.8) is 0 Å². The molecule has 0 aromatic heterocycles. The summed E-state index contributed by atoms with van der Waals surface area (Å²) < 4.78 is 0. The van der Waals surface area contributed by atoms with Crippen molar-refractivity contribution >= 4 is 5.91 Å². The lowest BCUT2D eigenvalue weighted by Gasteiger charge is -2.22. The molecule has 11 heavy (non-hydrogen) atoms. The number of nitrogens with zero attached hydrogens (tertiary/aromatic N) is 2. The van der Waals surface area contributed by atoms with Crippen molar-refractivity contribution in [3.8, 4) is 0 Å². The number of rotatable bonds is 1. The molecule has 0 aromatic rings. The van der Waals surface area contributed by atoms with E-state index < -0.39 is 0 Å². The zero-order valence-corrected chi connectivity index (χ0v) is 7.50. The van der Waals surface area contributed by atoms with E-state index in [4.69, 9.17) is 0 Å². The van der Waals surface area contributed by atoms with Crippen molar-refractivity contribution in [2.75, 3.05) is 27.2 Å². The molecule has 3 nitrogen and oxygen atoms in total. The van der Waals surface area contributed by atoms with Crippen LogP contribution in [0.3, 0.4) is 0 Å². The second kappa shape index (κ2) is 3.22. The van der Waals surface area contributed by atoms with E-state index in [1.165, 1.54) is 0 Å². The Bertz CT molecular complexity index is 158. The highest BCUT2D eigenvalue weighted by molar-refractivity contribution is 5.73. The molecule has 1 rings (SSSR count). The quantitative estimate of drug-likeness (QED) is 0.540. The van der Waals surface area contributed by atoms with E-state index in [9.17, 15) is 4.79 Å². The van der Waals surface area contributed by atoms with Crippen LogP contribution in [0.15, 0.2) is 0 Å². The first-order valence-electron chi connectivity index (χ1n) is 4.03. The van der Waals surface area contributed by atoms with Crippen LogP contribution in [0.2, 0.25) is 0 Å². The number of amides is 1. The molecule has 64 valence electrons. The Hall–Kier alpha value is -0.570. The van der Waals surface area contributed by atoms with Crippen LogP contribution in [0.25, 0.3) is 0 Å². The summed E-state index contributed by atoms with van der Waals surface area (Å²) in [6, 6.07) is 0.442. The van der Waals surface area contributed by atoms with E-state index >= 15 is 0 Å². The lowest BCUT2D eigenvalue weighted by Crippen LogP contribution is -2.36. The lowest BCUT2D eigenvalue weighted by atomic mass is 10.2. The van der Waals surface area contributed by atoms with E-state index in [1.54, 1.807) is 6.92 Å². The number of hydrogen-bond donors (Lipinski definition) is 0. The molecule has 0 bridgehead atoms. The Morgan fingerprint density at radius 2 is 2.27 bits per heavy atom. The van der Waals surface area contributed by atoms with Gasteiger partial charge in [0.1, 0.15) is 0 Å². The molecule has 1 fully saturated rings. The van der Waals surface area contributed by atoms with Gasteiger partial charge in [0.15, 0.2) is 0 Å². The molecule has 1 amide bonds. The van der Waals surface area contributed by atoms with Gasteiger partial charge in [-0.15, -0.1) is 0 Å². The van der Waals surface area contributed by atoms with Gasteiger partial charge in [-0.3, -0.25) is 4.79 Å². The van der Waals surface area contributed by atoms with Crippen LogP contribution in [0.4, 0.5) is 0 Å². The van der Waals surface area contributed by atoms with Crippen molar-refractivity contribution in [3.05, 3.63) is 0 Å². The number of hydrogen-bond acceptors (Lipinski definition) is 2. The number of carbonyl (C=O) groups is 1. The second-order valence-corrected chi connectivity index (χ2v) is 3.33. The van der Waals surface area contributed by atoms with Crippen molar-refractivity contribution in [2.24, 2.45) is 0 Å². The molecule has 0 radical (unpaired) electrons. The lowest BCUT2D eigenvalue weighted by molar-refractivity contribution is -0.129. The molecule has 1 saturated heterocycles. The van der Waals surface area contributed by atoms with Gasteiger partial charge >= 0.3 is 0 Å². The van der Waals surface area contributed by atoms with E-state index in [1.807, 2.05) is 11.9 Å². The average molecular weight is 156 g/mol. The van der Waals surface area contributed by atoms with Gasteiger partial charge in [-0.05, 0) is 20.0 Å². The third-order valence-corrected chi connectivity index (χ3v) is 2.41. The highest BCUT2D eigenvalue weighted by Gasteiger charge is 2.24. The van der Waals surface area contributed by atoms with E-state index in [0.717, 1.165) is 19.5 Å². The third-order valence-electron chi connectivity index (χ3n) is 2.41. The van der Waals surface area contributed by atoms with Gasteiger partial charge < -0.3 is 9.80 Å². The molecule has 0 aliphatic carbocycles. The maximum atomic E-state index is 10.9. The molecule has 1 heterocycles. The maximum absolute atomic E-state index is 10.9. The first kappa shape index (κ1) is 8.53. The summed E-state index contributed by atoms with van der Waals surface area (Å²) in [5.41, 5.74) is 0. The predicted molar refractivity (Wildman–Crippen MR) is 44.3 cm³/mol. The first-order valence-corrected chi connectivity index (χ1v) is 4.03. The minimum atomic E-state index is 0.172. The molecule has 1 aliphatic rings. The van der Waals surface area contributed by atoms with Crippen LogP contribution in [0, 0.1) is 0 Å². The van der Waals surface area contributed by atoms with Crippen LogP contribution in [0.5, 0.6) is 0 Å². The standard InChI is InChI=1S/C8H16N2O/c1-7(11)10(3)8-4-5-9(2)6-8/h8H,4-6H2,1-3H3/t8-/m1/s1. The minimum absolute atomic E-state index is 0.172. The van der Waals surface area contributed by atoms with Gasteiger partial charge in [0.05, 0.1) is 0 Å². The Kier molecular flexibility index (Phi) is 2.49. The van der Waals surface area contributed by atoms with Gasteiger partial charge in [-0.1, -0.05) is 0 Å². The summed E-state index contributed by atoms with van der Waals surface area (Å²) in [6.07, 6.45) is 1.12. The van der Waals surface area contributed by atoms with E-state index in [0.29, 0.717) is 6.04 Å². The van der Waals surface area contributed by atoms with Crippen molar-refractivity contribution in [1.29, 1.82) is 0 Å². The van der Waals surface area contributed by atoms with Gasteiger partial charge in [0, 0.05) is 26.6 Å². The average Bonchev–Trinajstić information content (AvgIpc) is 2.34. The largest absolute Gasteiger partial charge is 0.342 e. The summed E-state index contributed by atoms with van der Waals surface area (Å²) in [7, 11) is 3.97. The maximum Gasteiger partial charge on any atom is 0.219 e. The molecular formula is C8H16N2O. The fraction of sp³-hybridized carbons (Fsp3) is 0.875. The zero-order chi connectivity index (χ0) is 8.43. The van der Waals surface area contributed by atoms with Gasteiger partial charge in [0.25, 0.3) is 0 Å². The zero-order valence-electron chi connectivity index (χ0n) is 7.50. The van der Waals surface area contributed by atoms with Gasteiger partial charge in [-0.25, -0.2) is 0 Å². The van der Waals surface area contributed by atoms with Crippen LogP contribution >= 0.6 is 0 Å². The fourth-order valence-corrected chi connectivity index (χ4v) is 1.48. The van der Waals surface area contributed by atoms with Crippen molar-refractivity contribution in [1.82, 2.24) is 9.80 Å². The number of carbonyl (C=O) groups excluding carboxylic acids is 1. The summed E-state index contributed by atoms with van der Waals surface area (Å²) in [5, 5.41) is 0. The number of likely N-dealkylation sites (N-methyl/N-ethyl adjacent to an activating group) is 2. The molecule has 0 saturated carbocycles. The number of likely N-dealkylation sites (tertiary alicyclic amines) is 1. The molecule has 1 aliphatic heterocycles. The van der Waals surface area contributed by atoms with Gasteiger partial charge in [-0.2, -0.15) is 0 Å². The smallest absolute Gasteiger partial charge is 0.219 e. The third kappa shape index (κ3) is 1.93. The van der Waals surface area contributed by atoms with E-state index in [2.05, 4.69) is 11.9 Å². The summed E-state index contributed by atoms with van der Waals surface area (Å²) in [6.45, 7) is 3.76. The second-order valence-electron chi connectivity index (χ2n) is 3.33. The summed E-state index contributed by atoms with van der Waals surface area (Å²) >= 11 is 0. The highest BCUT2D eigenvalue weighted by atomic mass is 16.2. The predicted octanol–water partition coefficient (Wildman–Crippen LogP) is 0.169. The molecule has 0 aromatic carbocycles. The van der Waals surface area contributed by atoms with Crippen molar-refractivity contribution in [2.45, 2.75) is 19.4 Å². The Labute approximate surface area is 68.0 Å². The summed E-state index contributed by atoms with van der Waals surface area (Å²) in [5.74, 6) is 0.172. The molecule has 0 N–H and O–H groups in total. The topological polar surface area (TPSA) is 23.6 Å². The Morgan fingerprint density at radius 1 is 1.64 bits per heavy atom. The fourth-order valence-electron chi connectivity index (χ4n) is 1.48. The van der Waals surface area contributed by atoms with Crippen molar-refractivity contribution < 1.29 is 4.79 Å². The Morgan fingerprint density at radius 3 is 2.64 bits per heavy atom. The highest BCUT2D eigenvalue weighted by Crippen LogP contribution is 2.11. The summed E-state index contributed by atoms with van der Waals surface area (Å²) in [4.78, 5) is 15.0. The molecule has 0 spiro atoms. The van der Waals surface area contributed by atoms with Crippen LogP contribution in [-0.2, 0) is 4.79 Å². The van der Waals surface area contributed by atoms with E-state index in [-0.39, 0.29) is 5.91 Å². The molecule has 0 unspecified atom stereocenters. The first-order chi connectivity index (χ1) is 5.11. The molecule has 1 atom stereocenters. The molecular weight excluding hydrogens is 140 g/mol. The Balaban J connectivity index is 2.43. The minimum Gasteiger partial charge on any atom is -0.342 e. The normalized spacial score (nSPS) is 25.5. The van der Waals surface area contributed by atoms with Crippen LogP contribution in [0.1, 0.15) is 13.3 Å². The SMILES string of the molecule is CC(=O)N(C)[C@@H]1CCN(C)C1.